The fraction of sp³-hybridized carbons (Fsp3) is 0.300. The molecule has 3 nitrogen and oxygen atoms in total. The van der Waals surface area contributed by atoms with Gasteiger partial charge in [0, 0.05) is 0 Å². The van der Waals surface area contributed by atoms with Crippen molar-refractivity contribution in [3.63, 3.8) is 0 Å². The van der Waals surface area contributed by atoms with Gasteiger partial charge in [-0.15, -0.1) is 0 Å². The zero-order valence-electron chi connectivity index (χ0n) is 8.13. The Hall–Kier alpha value is -1.29. The average Bonchev–Trinajstić information content (AvgIpc) is 2.17. The summed E-state index contributed by atoms with van der Waals surface area (Å²) in [5.74, 6) is -1.58. The number of carboxylic acid groups (broad SMARTS) is 1. The van der Waals surface area contributed by atoms with Gasteiger partial charge in [0.25, 0.3) is 0 Å². The van der Waals surface area contributed by atoms with Crippen molar-refractivity contribution in [2.75, 3.05) is 5.32 Å². The van der Waals surface area contributed by atoms with Crippen molar-refractivity contribution in [2.45, 2.75) is 19.4 Å². The van der Waals surface area contributed by atoms with Crippen LogP contribution < -0.4 is 5.32 Å². The van der Waals surface area contributed by atoms with Crippen LogP contribution in [0.2, 0.25) is 5.02 Å². The van der Waals surface area contributed by atoms with Crippen LogP contribution in [0.5, 0.6) is 0 Å². The van der Waals surface area contributed by atoms with E-state index in [1.54, 1.807) is 6.92 Å². The van der Waals surface area contributed by atoms with Crippen LogP contribution in [0.3, 0.4) is 0 Å². The van der Waals surface area contributed by atoms with E-state index in [9.17, 15) is 9.18 Å². The third-order valence-electron chi connectivity index (χ3n) is 1.99. The van der Waals surface area contributed by atoms with E-state index < -0.39 is 17.8 Å². The van der Waals surface area contributed by atoms with E-state index in [-0.39, 0.29) is 10.7 Å². The van der Waals surface area contributed by atoms with Crippen molar-refractivity contribution in [3.8, 4) is 0 Å². The molecule has 0 aliphatic carbocycles. The second-order valence-electron chi connectivity index (χ2n) is 3.04. The zero-order valence-corrected chi connectivity index (χ0v) is 8.88. The molecule has 1 unspecified atom stereocenters. The van der Waals surface area contributed by atoms with Crippen molar-refractivity contribution in [1.82, 2.24) is 0 Å². The summed E-state index contributed by atoms with van der Waals surface area (Å²) < 4.78 is 13.3. The number of hydrogen-bond donors (Lipinski definition) is 2. The second kappa shape index (κ2) is 4.98. The first-order valence-corrected chi connectivity index (χ1v) is 4.87. The van der Waals surface area contributed by atoms with Gasteiger partial charge in [-0.3, -0.25) is 0 Å². The Labute approximate surface area is 91.9 Å². The van der Waals surface area contributed by atoms with Crippen molar-refractivity contribution in [3.05, 3.63) is 29.0 Å². The van der Waals surface area contributed by atoms with E-state index in [1.165, 1.54) is 18.2 Å². The van der Waals surface area contributed by atoms with E-state index in [0.29, 0.717) is 6.42 Å². The van der Waals surface area contributed by atoms with E-state index in [2.05, 4.69) is 5.32 Å². The molecule has 0 heterocycles. The highest BCUT2D eigenvalue weighted by atomic mass is 35.5. The number of aliphatic carboxylic acids is 1. The first-order valence-electron chi connectivity index (χ1n) is 4.49. The molecule has 0 bridgehead atoms. The Morgan fingerprint density at radius 2 is 2.33 bits per heavy atom. The van der Waals surface area contributed by atoms with Gasteiger partial charge < -0.3 is 10.4 Å². The van der Waals surface area contributed by atoms with Gasteiger partial charge in [-0.25, -0.2) is 9.18 Å². The molecular weight excluding hydrogens is 221 g/mol. The average molecular weight is 232 g/mol. The Balaban J connectivity index is 2.92. The fourth-order valence-electron chi connectivity index (χ4n) is 1.15. The summed E-state index contributed by atoms with van der Waals surface area (Å²) in [5.41, 5.74) is 0.0356. The summed E-state index contributed by atoms with van der Waals surface area (Å²) in [7, 11) is 0. The normalized spacial score (nSPS) is 12.2. The summed E-state index contributed by atoms with van der Waals surface area (Å²) in [6.07, 6.45) is 0.347. The molecule has 0 aliphatic heterocycles. The van der Waals surface area contributed by atoms with E-state index in [1.807, 2.05) is 0 Å². The summed E-state index contributed by atoms with van der Waals surface area (Å²) in [6, 6.07) is 3.36. The molecule has 82 valence electrons. The topological polar surface area (TPSA) is 49.3 Å². The Bertz CT molecular complexity index is 350. The first kappa shape index (κ1) is 11.8. The number of benzene rings is 1. The van der Waals surface area contributed by atoms with Crippen molar-refractivity contribution >= 4 is 23.3 Å². The number of halogens is 2. The predicted molar refractivity (Wildman–Crippen MR) is 56.7 cm³/mol. The van der Waals surface area contributed by atoms with Gasteiger partial charge >= 0.3 is 5.97 Å². The monoisotopic (exact) mass is 231 g/mol. The molecule has 2 N–H and O–H groups in total. The molecule has 0 fully saturated rings. The zero-order chi connectivity index (χ0) is 11.4. The third-order valence-corrected chi connectivity index (χ3v) is 2.30. The summed E-state index contributed by atoms with van der Waals surface area (Å²) >= 11 is 5.74. The van der Waals surface area contributed by atoms with Crippen molar-refractivity contribution in [1.29, 1.82) is 0 Å². The maximum atomic E-state index is 13.3. The SMILES string of the molecule is CCC(Nc1c(F)cccc1Cl)C(=O)O. The molecule has 0 aliphatic rings. The predicted octanol–water partition coefficient (Wildman–Crippen LogP) is 2.75. The Morgan fingerprint density at radius 1 is 1.67 bits per heavy atom. The van der Waals surface area contributed by atoms with Crippen LogP contribution in [-0.4, -0.2) is 17.1 Å². The van der Waals surface area contributed by atoms with Gasteiger partial charge in [-0.2, -0.15) is 0 Å². The highest BCUT2D eigenvalue weighted by Gasteiger charge is 2.17. The van der Waals surface area contributed by atoms with Crippen LogP contribution in [0, 0.1) is 5.82 Å². The molecule has 0 aromatic heterocycles. The lowest BCUT2D eigenvalue weighted by molar-refractivity contribution is -0.137. The number of nitrogens with one attached hydrogen (secondary N) is 1. The molecule has 0 saturated carbocycles. The molecule has 15 heavy (non-hydrogen) atoms. The highest BCUT2D eigenvalue weighted by molar-refractivity contribution is 6.33. The largest absolute Gasteiger partial charge is 0.480 e. The minimum atomic E-state index is -1.03. The molecule has 0 radical (unpaired) electrons. The lowest BCUT2D eigenvalue weighted by Crippen LogP contribution is -2.28. The van der Waals surface area contributed by atoms with Crippen LogP contribution in [0.4, 0.5) is 10.1 Å². The molecular formula is C10H11ClFNO2. The fourth-order valence-corrected chi connectivity index (χ4v) is 1.37. The van der Waals surface area contributed by atoms with E-state index in [0.717, 1.165) is 0 Å². The maximum absolute atomic E-state index is 13.3. The van der Waals surface area contributed by atoms with Gasteiger partial charge in [-0.05, 0) is 18.6 Å². The van der Waals surface area contributed by atoms with Gasteiger partial charge in [0.1, 0.15) is 11.9 Å². The summed E-state index contributed by atoms with van der Waals surface area (Å²) in [6.45, 7) is 1.69. The molecule has 1 rings (SSSR count). The molecule has 0 saturated heterocycles. The molecule has 0 spiro atoms. The molecule has 1 aromatic carbocycles. The molecule has 5 heteroatoms. The summed E-state index contributed by atoms with van der Waals surface area (Å²) in [4.78, 5) is 10.7. The number of para-hydroxylation sites is 1. The van der Waals surface area contributed by atoms with Crippen LogP contribution in [0.15, 0.2) is 18.2 Å². The Kier molecular flexibility index (Phi) is 3.91. The summed E-state index contributed by atoms with van der Waals surface area (Å²) in [5, 5.41) is 11.5. The van der Waals surface area contributed by atoms with Crippen LogP contribution >= 0.6 is 11.6 Å². The quantitative estimate of drug-likeness (QED) is 0.838. The minimum Gasteiger partial charge on any atom is -0.480 e. The first-order chi connectivity index (χ1) is 7.06. The van der Waals surface area contributed by atoms with Crippen LogP contribution in [-0.2, 0) is 4.79 Å². The van der Waals surface area contributed by atoms with E-state index >= 15 is 0 Å². The minimum absolute atomic E-state index is 0.0356. The van der Waals surface area contributed by atoms with Gasteiger partial charge in [0.15, 0.2) is 0 Å². The Morgan fingerprint density at radius 3 is 2.80 bits per heavy atom. The van der Waals surface area contributed by atoms with E-state index in [4.69, 9.17) is 16.7 Å². The lowest BCUT2D eigenvalue weighted by atomic mass is 10.2. The van der Waals surface area contributed by atoms with Gasteiger partial charge in [0.05, 0.1) is 10.7 Å². The van der Waals surface area contributed by atoms with Crippen LogP contribution in [0.1, 0.15) is 13.3 Å². The van der Waals surface area contributed by atoms with Crippen molar-refractivity contribution in [2.24, 2.45) is 0 Å². The standard InChI is InChI=1S/C10H11ClFNO2/c1-2-8(10(14)15)13-9-6(11)4-3-5-7(9)12/h3-5,8,13H,2H2,1H3,(H,14,15). The lowest BCUT2D eigenvalue weighted by Gasteiger charge is -2.15. The molecule has 1 atom stereocenters. The third kappa shape index (κ3) is 2.83. The second-order valence-corrected chi connectivity index (χ2v) is 3.45. The number of anilines is 1. The maximum Gasteiger partial charge on any atom is 0.326 e. The number of carboxylic acids is 1. The van der Waals surface area contributed by atoms with Crippen LogP contribution in [0.25, 0.3) is 0 Å². The van der Waals surface area contributed by atoms with Gasteiger partial charge in [-0.1, -0.05) is 24.6 Å². The number of hydrogen-bond acceptors (Lipinski definition) is 2. The van der Waals surface area contributed by atoms with Crippen molar-refractivity contribution < 1.29 is 14.3 Å². The smallest absolute Gasteiger partial charge is 0.326 e. The van der Waals surface area contributed by atoms with Gasteiger partial charge in [0.2, 0.25) is 0 Å². The number of carbonyl (C=O) groups is 1. The highest BCUT2D eigenvalue weighted by Crippen LogP contribution is 2.25. The number of rotatable bonds is 4. The molecule has 0 amide bonds. The molecule has 1 aromatic rings.